The van der Waals surface area contributed by atoms with Crippen LogP contribution in [0.5, 0.6) is 5.75 Å². The lowest BCUT2D eigenvalue weighted by molar-refractivity contribution is -0.117. The van der Waals surface area contributed by atoms with E-state index in [1.807, 2.05) is 36.4 Å². The fourth-order valence-electron chi connectivity index (χ4n) is 5.39. The number of phenols is 1. The number of allylic oxidation sites excluding steroid dienone is 2. The Morgan fingerprint density at radius 3 is 3.00 bits per heavy atom. The first-order chi connectivity index (χ1) is 15.0. The number of carbonyl (C=O) groups is 1. The number of amides is 1. The van der Waals surface area contributed by atoms with E-state index in [9.17, 15) is 9.90 Å². The maximum absolute atomic E-state index is 12.8. The standard InChI is InChI=1S/C26H29N3O2/c1-16-11-17-5-4-7-18(12-17)21(16)15-26(31)27-20-9-10-22-23(14-20)29-25(28-22)13-19-6-2-3-8-24(19)30/h2-3,6-10,14,16-17,21,30H,4-5,11-13,15H2,1H3,(H,27,31)(H,28,29). The van der Waals surface area contributed by atoms with Crippen molar-refractivity contribution in [2.75, 3.05) is 5.32 Å². The van der Waals surface area contributed by atoms with Crippen LogP contribution in [0.1, 0.15) is 50.4 Å². The van der Waals surface area contributed by atoms with Gasteiger partial charge in [-0.15, -0.1) is 0 Å². The SMILES string of the molecule is CC1CC2CCC=C(C2)C1CC(=O)Nc1ccc2nc(Cc3ccccc3O)[nH]c2c1. The van der Waals surface area contributed by atoms with Crippen LogP contribution in [-0.4, -0.2) is 21.0 Å². The van der Waals surface area contributed by atoms with Crippen molar-refractivity contribution >= 4 is 22.6 Å². The summed E-state index contributed by atoms with van der Waals surface area (Å²) < 4.78 is 0. The molecule has 3 N–H and O–H groups in total. The molecule has 2 aromatic carbocycles. The van der Waals surface area contributed by atoms with E-state index in [0.29, 0.717) is 24.7 Å². The Kier molecular flexibility index (Phi) is 5.26. The predicted octanol–water partition coefficient (Wildman–Crippen LogP) is 5.57. The van der Waals surface area contributed by atoms with Gasteiger partial charge in [0, 0.05) is 24.1 Å². The van der Waals surface area contributed by atoms with Gasteiger partial charge in [0.05, 0.1) is 11.0 Å². The maximum atomic E-state index is 12.8. The van der Waals surface area contributed by atoms with Crippen LogP contribution < -0.4 is 5.32 Å². The number of fused-ring (bicyclic) bond motifs is 3. The van der Waals surface area contributed by atoms with Gasteiger partial charge in [0.25, 0.3) is 0 Å². The van der Waals surface area contributed by atoms with E-state index in [1.165, 1.54) is 31.3 Å². The number of para-hydroxylation sites is 1. The minimum Gasteiger partial charge on any atom is -0.508 e. The quantitative estimate of drug-likeness (QED) is 0.477. The molecule has 0 aliphatic heterocycles. The van der Waals surface area contributed by atoms with E-state index >= 15 is 0 Å². The molecule has 160 valence electrons. The molecule has 1 heterocycles. The summed E-state index contributed by atoms with van der Waals surface area (Å²) in [5.41, 5.74) is 4.85. The molecule has 5 rings (SSSR count). The highest BCUT2D eigenvalue weighted by Crippen LogP contribution is 2.44. The van der Waals surface area contributed by atoms with Crippen LogP contribution in [0.2, 0.25) is 0 Å². The second-order valence-corrected chi connectivity index (χ2v) is 9.22. The van der Waals surface area contributed by atoms with E-state index in [0.717, 1.165) is 34.0 Å². The lowest BCUT2D eigenvalue weighted by Crippen LogP contribution is -2.30. The van der Waals surface area contributed by atoms with Crippen LogP contribution in [-0.2, 0) is 11.2 Å². The van der Waals surface area contributed by atoms with Crippen molar-refractivity contribution in [2.24, 2.45) is 17.8 Å². The molecule has 0 spiro atoms. The zero-order chi connectivity index (χ0) is 21.4. The van der Waals surface area contributed by atoms with Gasteiger partial charge in [-0.3, -0.25) is 4.79 Å². The normalized spacial score (nSPS) is 22.9. The van der Waals surface area contributed by atoms with Gasteiger partial charge in [-0.2, -0.15) is 0 Å². The fraction of sp³-hybridized carbons (Fsp3) is 0.385. The molecule has 1 amide bonds. The van der Waals surface area contributed by atoms with Gasteiger partial charge in [0.15, 0.2) is 0 Å². The minimum atomic E-state index is 0.0788. The number of aromatic nitrogens is 2. The molecular formula is C26H29N3O2. The number of phenolic OH excluding ortho intramolecular Hbond substituents is 1. The summed E-state index contributed by atoms with van der Waals surface area (Å²) in [6, 6.07) is 13.1. The Labute approximate surface area is 182 Å². The van der Waals surface area contributed by atoms with Crippen LogP contribution in [0.25, 0.3) is 11.0 Å². The van der Waals surface area contributed by atoms with Crippen LogP contribution in [0, 0.1) is 17.8 Å². The first-order valence-corrected chi connectivity index (χ1v) is 11.3. The van der Waals surface area contributed by atoms with Gasteiger partial charge in [0.1, 0.15) is 11.6 Å². The summed E-state index contributed by atoms with van der Waals surface area (Å²) >= 11 is 0. The van der Waals surface area contributed by atoms with Crippen molar-refractivity contribution in [2.45, 2.75) is 45.4 Å². The number of imidazole rings is 1. The molecule has 2 aliphatic carbocycles. The first-order valence-electron chi connectivity index (χ1n) is 11.3. The van der Waals surface area contributed by atoms with Crippen molar-refractivity contribution in [1.82, 2.24) is 9.97 Å². The highest BCUT2D eigenvalue weighted by atomic mass is 16.3. The third kappa shape index (κ3) is 4.22. The van der Waals surface area contributed by atoms with E-state index in [-0.39, 0.29) is 11.7 Å². The van der Waals surface area contributed by atoms with E-state index in [1.54, 1.807) is 6.07 Å². The Morgan fingerprint density at radius 2 is 2.13 bits per heavy atom. The van der Waals surface area contributed by atoms with Gasteiger partial charge in [-0.1, -0.05) is 36.8 Å². The van der Waals surface area contributed by atoms with Gasteiger partial charge < -0.3 is 15.4 Å². The number of hydrogen-bond donors (Lipinski definition) is 3. The number of nitrogens with one attached hydrogen (secondary N) is 2. The molecule has 1 aromatic heterocycles. The number of aromatic hydroxyl groups is 1. The van der Waals surface area contributed by atoms with Crippen LogP contribution in [0.4, 0.5) is 5.69 Å². The van der Waals surface area contributed by atoms with E-state index in [2.05, 4.69) is 28.3 Å². The largest absolute Gasteiger partial charge is 0.508 e. The summed E-state index contributed by atoms with van der Waals surface area (Å²) in [7, 11) is 0. The van der Waals surface area contributed by atoms with Crippen molar-refractivity contribution in [3.8, 4) is 5.75 Å². The molecule has 31 heavy (non-hydrogen) atoms. The number of rotatable bonds is 5. The monoisotopic (exact) mass is 415 g/mol. The minimum absolute atomic E-state index is 0.0788. The molecule has 0 radical (unpaired) electrons. The van der Waals surface area contributed by atoms with E-state index in [4.69, 9.17) is 0 Å². The van der Waals surface area contributed by atoms with Crippen molar-refractivity contribution in [1.29, 1.82) is 0 Å². The zero-order valence-corrected chi connectivity index (χ0v) is 17.9. The second kappa shape index (κ2) is 8.22. The van der Waals surface area contributed by atoms with Crippen molar-refractivity contribution in [3.05, 3.63) is 65.5 Å². The number of H-pyrrole nitrogens is 1. The Hall–Kier alpha value is -3.08. The number of carbonyl (C=O) groups excluding carboxylic acids is 1. The Bertz CT molecular complexity index is 1150. The van der Waals surface area contributed by atoms with Crippen molar-refractivity contribution < 1.29 is 9.90 Å². The third-order valence-electron chi connectivity index (χ3n) is 6.94. The van der Waals surface area contributed by atoms with Gasteiger partial charge in [0.2, 0.25) is 5.91 Å². The molecule has 1 saturated carbocycles. The molecule has 5 heteroatoms. The average molecular weight is 416 g/mol. The summed E-state index contributed by atoms with van der Waals surface area (Å²) in [6.07, 6.45) is 8.37. The topological polar surface area (TPSA) is 78.0 Å². The average Bonchev–Trinajstić information content (AvgIpc) is 3.14. The highest BCUT2D eigenvalue weighted by Gasteiger charge is 2.34. The maximum Gasteiger partial charge on any atom is 0.224 e. The van der Waals surface area contributed by atoms with Crippen LogP contribution in [0.15, 0.2) is 54.1 Å². The van der Waals surface area contributed by atoms with Crippen LogP contribution in [0.3, 0.4) is 0 Å². The third-order valence-corrected chi connectivity index (χ3v) is 6.94. The Balaban J connectivity index is 1.27. The summed E-state index contributed by atoms with van der Waals surface area (Å²) in [6.45, 7) is 2.30. The smallest absolute Gasteiger partial charge is 0.224 e. The Morgan fingerprint density at radius 1 is 1.26 bits per heavy atom. The number of aromatic amines is 1. The van der Waals surface area contributed by atoms with Gasteiger partial charge in [-0.05, 0) is 67.7 Å². The summed E-state index contributed by atoms with van der Waals surface area (Å²) in [5, 5.41) is 13.1. The molecule has 3 aromatic rings. The molecule has 3 atom stereocenters. The van der Waals surface area contributed by atoms with E-state index < -0.39 is 0 Å². The van der Waals surface area contributed by atoms with Gasteiger partial charge in [-0.25, -0.2) is 4.98 Å². The molecule has 1 fully saturated rings. The molecule has 0 saturated heterocycles. The van der Waals surface area contributed by atoms with Gasteiger partial charge >= 0.3 is 0 Å². The number of hydrogen-bond acceptors (Lipinski definition) is 3. The van der Waals surface area contributed by atoms with Crippen LogP contribution >= 0.6 is 0 Å². The number of anilines is 1. The lowest BCUT2D eigenvalue weighted by atomic mass is 9.66. The zero-order valence-electron chi connectivity index (χ0n) is 17.9. The lowest BCUT2D eigenvalue weighted by Gasteiger charge is -2.39. The second-order valence-electron chi connectivity index (χ2n) is 9.22. The molecular weight excluding hydrogens is 386 g/mol. The highest BCUT2D eigenvalue weighted by molar-refractivity contribution is 5.93. The van der Waals surface area contributed by atoms with Crippen molar-refractivity contribution in [3.63, 3.8) is 0 Å². The predicted molar refractivity (Wildman–Crippen MR) is 123 cm³/mol. The molecule has 3 unspecified atom stereocenters. The molecule has 2 aliphatic rings. The molecule has 5 nitrogen and oxygen atoms in total. The molecule has 2 bridgehead atoms. The number of nitrogens with zero attached hydrogens (tertiary/aromatic N) is 1. The first kappa shape index (κ1) is 19.9. The summed E-state index contributed by atoms with van der Waals surface area (Å²) in [4.78, 5) is 20.8. The summed E-state index contributed by atoms with van der Waals surface area (Å²) in [5.74, 6) is 2.90. The number of benzene rings is 2. The fourth-order valence-corrected chi connectivity index (χ4v) is 5.39.